The van der Waals surface area contributed by atoms with Gasteiger partial charge >= 0.3 is 5.97 Å². The van der Waals surface area contributed by atoms with Crippen molar-refractivity contribution in [2.24, 2.45) is 0 Å². The van der Waals surface area contributed by atoms with Gasteiger partial charge in [-0.25, -0.2) is 18.3 Å². The highest BCUT2D eigenvalue weighted by atomic mass is 19.1. The first-order valence-corrected chi connectivity index (χ1v) is 6.81. The number of hydrogen-bond donors (Lipinski definition) is 1. The Morgan fingerprint density at radius 2 is 1.78 bits per heavy atom. The normalized spacial score (nSPS) is 10.7. The summed E-state index contributed by atoms with van der Waals surface area (Å²) in [5.41, 5.74) is 1.90. The van der Waals surface area contributed by atoms with Crippen molar-refractivity contribution in [2.45, 2.75) is 6.92 Å². The van der Waals surface area contributed by atoms with Crippen LogP contribution in [0.15, 0.2) is 48.5 Å². The number of carboxylic acids is 1. The van der Waals surface area contributed by atoms with E-state index in [-0.39, 0.29) is 11.5 Å². The highest BCUT2D eigenvalue weighted by Gasteiger charge is 2.16. The third-order valence-corrected chi connectivity index (χ3v) is 3.45. The van der Waals surface area contributed by atoms with E-state index in [9.17, 15) is 13.6 Å². The van der Waals surface area contributed by atoms with Gasteiger partial charge in [-0.05, 0) is 61.0 Å². The number of aromatic carboxylic acids is 1. The van der Waals surface area contributed by atoms with Crippen LogP contribution in [0.4, 0.5) is 8.78 Å². The molecule has 0 unspecified atom stereocenters. The lowest BCUT2D eigenvalue weighted by Gasteiger charge is -2.08. The number of halogens is 2. The van der Waals surface area contributed by atoms with Gasteiger partial charge in [0.1, 0.15) is 11.6 Å². The Morgan fingerprint density at radius 1 is 1.09 bits per heavy atom. The summed E-state index contributed by atoms with van der Waals surface area (Å²) >= 11 is 0. The third kappa shape index (κ3) is 2.83. The van der Waals surface area contributed by atoms with E-state index in [1.807, 2.05) is 0 Å². The van der Waals surface area contributed by atoms with Crippen LogP contribution < -0.4 is 0 Å². The molecule has 0 fully saturated rings. The lowest BCUT2D eigenvalue weighted by Crippen LogP contribution is -2.02. The average Bonchev–Trinajstić information content (AvgIpc) is 2.96. The molecule has 3 rings (SSSR count). The van der Waals surface area contributed by atoms with Crippen molar-refractivity contribution in [3.05, 3.63) is 71.4 Å². The Bertz CT molecular complexity index is 886. The number of aromatic nitrogens is 2. The van der Waals surface area contributed by atoms with E-state index >= 15 is 0 Å². The molecule has 3 aromatic rings. The maximum Gasteiger partial charge on any atom is 0.356 e. The quantitative estimate of drug-likeness (QED) is 0.799. The molecule has 1 aromatic heterocycles. The summed E-state index contributed by atoms with van der Waals surface area (Å²) in [6.07, 6.45) is 0. The Hall–Kier alpha value is -3.02. The van der Waals surface area contributed by atoms with Crippen LogP contribution in [0.25, 0.3) is 16.9 Å². The van der Waals surface area contributed by atoms with Crippen molar-refractivity contribution in [1.29, 1.82) is 0 Å². The first kappa shape index (κ1) is 14.9. The Kier molecular flexibility index (Phi) is 3.65. The van der Waals surface area contributed by atoms with Gasteiger partial charge in [0.05, 0.1) is 11.4 Å². The van der Waals surface area contributed by atoms with Crippen molar-refractivity contribution in [2.75, 3.05) is 0 Å². The molecule has 23 heavy (non-hydrogen) atoms. The number of nitrogens with zero attached hydrogens (tertiary/aromatic N) is 2. The minimum atomic E-state index is -1.18. The summed E-state index contributed by atoms with van der Waals surface area (Å²) in [6.45, 7) is 1.62. The van der Waals surface area contributed by atoms with Crippen LogP contribution in [0.3, 0.4) is 0 Å². The fourth-order valence-corrected chi connectivity index (χ4v) is 2.27. The predicted octanol–water partition coefficient (Wildman–Crippen LogP) is 3.82. The SMILES string of the molecule is Cc1cc(-c2cc(C(=O)O)nn2-c2ccc(F)cc2)ccc1F. The average molecular weight is 314 g/mol. The number of carbonyl (C=O) groups is 1. The summed E-state index contributed by atoms with van der Waals surface area (Å²) in [5.74, 6) is -1.93. The number of hydrogen-bond acceptors (Lipinski definition) is 2. The van der Waals surface area contributed by atoms with Crippen LogP contribution in [0.1, 0.15) is 16.1 Å². The van der Waals surface area contributed by atoms with Crippen molar-refractivity contribution in [1.82, 2.24) is 9.78 Å². The van der Waals surface area contributed by atoms with E-state index in [4.69, 9.17) is 5.11 Å². The Labute approximate surface area is 130 Å². The van der Waals surface area contributed by atoms with Crippen molar-refractivity contribution in [3.63, 3.8) is 0 Å². The number of aryl methyl sites for hydroxylation is 1. The summed E-state index contributed by atoms with van der Waals surface area (Å²) in [5, 5.41) is 13.2. The zero-order chi connectivity index (χ0) is 16.6. The second-order valence-corrected chi connectivity index (χ2v) is 5.07. The van der Waals surface area contributed by atoms with Gasteiger partial charge in [-0.2, -0.15) is 5.10 Å². The highest BCUT2D eigenvalue weighted by Crippen LogP contribution is 2.26. The zero-order valence-corrected chi connectivity index (χ0v) is 12.1. The molecule has 0 aliphatic heterocycles. The van der Waals surface area contributed by atoms with E-state index in [1.54, 1.807) is 19.1 Å². The lowest BCUT2D eigenvalue weighted by molar-refractivity contribution is 0.0690. The van der Waals surface area contributed by atoms with E-state index in [0.29, 0.717) is 22.5 Å². The molecule has 0 bridgehead atoms. The van der Waals surface area contributed by atoms with Crippen LogP contribution in [0, 0.1) is 18.6 Å². The van der Waals surface area contributed by atoms with Crippen molar-refractivity contribution < 1.29 is 18.7 Å². The van der Waals surface area contributed by atoms with Gasteiger partial charge in [-0.3, -0.25) is 0 Å². The molecule has 0 spiro atoms. The minimum absolute atomic E-state index is 0.147. The van der Waals surface area contributed by atoms with Crippen LogP contribution in [-0.2, 0) is 0 Å². The molecule has 0 aliphatic rings. The van der Waals surface area contributed by atoms with Gasteiger partial charge in [0.15, 0.2) is 5.69 Å². The fourth-order valence-electron chi connectivity index (χ4n) is 2.27. The molecule has 0 saturated heterocycles. The molecule has 0 amide bonds. The molecule has 116 valence electrons. The molecule has 0 aliphatic carbocycles. The molecular formula is C17H12F2N2O2. The van der Waals surface area contributed by atoms with E-state index in [1.165, 1.54) is 41.1 Å². The van der Waals surface area contributed by atoms with Gasteiger partial charge in [0.2, 0.25) is 0 Å². The van der Waals surface area contributed by atoms with Gasteiger partial charge in [0, 0.05) is 5.56 Å². The van der Waals surface area contributed by atoms with E-state index in [0.717, 1.165) is 0 Å². The standard InChI is InChI=1S/C17H12F2N2O2/c1-10-8-11(2-7-14(10)19)16-9-15(17(22)23)20-21(16)13-5-3-12(18)4-6-13/h2-9H,1H3,(H,22,23). The van der Waals surface area contributed by atoms with E-state index < -0.39 is 11.8 Å². The molecule has 6 heteroatoms. The number of rotatable bonds is 3. The summed E-state index contributed by atoms with van der Waals surface area (Å²) in [7, 11) is 0. The predicted molar refractivity (Wildman–Crippen MR) is 80.6 cm³/mol. The molecule has 0 radical (unpaired) electrons. The lowest BCUT2D eigenvalue weighted by atomic mass is 10.1. The monoisotopic (exact) mass is 314 g/mol. The van der Waals surface area contributed by atoms with Crippen molar-refractivity contribution >= 4 is 5.97 Å². The summed E-state index contributed by atoms with van der Waals surface area (Å²) < 4.78 is 27.9. The Balaban J connectivity index is 2.20. The maximum atomic E-state index is 13.5. The fraction of sp³-hybridized carbons (Fsp3) is 0.0588. The van der Waals surface area contributed by atoms with Crippen LogP contribution in [0.5, 0.6) is 0 Å². The summed E-state index contributed by atoms with van der Waals surface area (Å²) in [4.78, 5) is 11.2. The zero-order valence-electron chi connectivity index (χ0n) is 12.1. The second kappa shape index (κ2) is 5.64. The molecule has 0 atom stereocenters. The van der Waals surface area contributed by atoms with Crippen LogP contribution >= 0.6 is 0 Å². The summed E-state index contributed by atoms with van der Waals surface area (Å²) in [6, 6.07) is 11.4. The largest absolute Gasteiger partial charge is 0.476 e. The molecule has 1 heterocycles. The first-order chi connectivity index (χ1) is 11.0. The van der Waals surface area contributed by atoms with Crippen LogP contribution in [-0.4, -0.2) is 20.9 Å². The molecular weight excluding hydrogens is 302 g/mol. The molecule has 1 N–H and O–H groups in total. The minimum Gasteiger partial charge on any atom is -0.476 e. The van der Waals surface area contributed by atoms with Crippen LogP contribution in [0.2, 0.25) is 0 Å². The smallest absolute Gasteiger partial charge is 0.356 e. The van der Waals surface area contributed by atoms with Gasteiger partial charge in [0.25, 0.3) is 0 Å². The number of carboxylic acid groups (broad SMARTS) is 1. The molecule has 4 nitrogen and oxygen atoms in total. The second-order valence-electron chi connectivity index (χ2n) is 5.07. The Morgan fingerprint density at radius 3 is 2.39 bits per heavy atom. The topological polar surface area (TPSA) is 55.1 Å². The third-order valence-electron chi connectivity index (χ3n) is 3.45. The van der Waals surface area contributed by atoms with Crippen molar-refractivity contribution in [3.8, 4) is 16.9 Å². The molecule has 0 saturated carbocycles. The highest BCUT2D eigenvalue weighted by molar-refractivity contribution is 5.87. The van der Waals surface area contributed by atoms with Gasteiger partial charge < -0.3 is 5.11 Å². The number of benzene rings is 2. The van der Waals surface area contributed by atoms with E-state index in [2.05, 4.69) is 5.10 Å². The maximum absolute atomic E-state index is 13.5. The van der Waals surface area contributed by atoms with Gasteiger partial charge in [-0.15, -0.1) is 0 Å². The van der Waals surface area contributed by atoms with Gasteiger partial charge in [-0.1, -0.05) is 0 Å². The first-order valence-electron chi connectivity index (χ1n) is 6.81. The molecule has 2 aromatic carbocycles.